The van der Waals surface area contributed by atoms with E-state index in [1.807, 2.05) is 57.2 Å². The van der Waals surface area contributed by atoms with Gasteiger partial charge < -0.3 is 15.2 Å². The van der Waals surface area contributed by atoms with Crippen LogP contribution in [0.5, 0.6) is 5.75 Å². The molecule has 0 aliphatic heterocycles. The molecule has 22 heavy (non-hydrogen) atoms. The zero-order valence-corrected chi connectivity index (χ0v) is 13.6. The highest BCUT2D eigenvalue weighted by molar-refractivity contribution is 5.88. The second kappa shape index (κ2) is 6.36. The third kappa shape index (κ3) is 3.98. The third-order valence-corrected chi connectivity index (χ3v) is 3.33. The number of carbonyl (C=O) groups is 1. The van der Waals surface area contributed by atoms with Crippen LogP contribution in [0.2, 0.25) is 0 Å². The lowest BCUT2D eigenvalue weighted by atomic mass is 9.98. The van der Waals surface area contributed by atoms with E-state index in [2.05, 4.69) is 0 Å². The van der Waals surface area contributed by atoms with Crippen LogP contribution in [0.4, 0.5) is 0 Å². The number of esters is 1. The van der Waals surface area contributed by atoms with Crippen LogP contribution in [0.1, 0.15) is 26.3 Å². The van der Waals surface area contributed by atoms with E-state index in [4.69, 9.17) is 15.2 Å². The van der Waals surface area contributed by atoms with Crippen LogP contribution in [0.15, 0.2) is 36.4 Å². The first-order valence-corrected chi connectivity index (χ1v) is 7.34. The van der Waals surface area contributed by atoms with Crippen molar-refractivity contribution in [1.82, 2.24) is 0 Å². The van der Waals surface area contributed by atoms with Crippen LogP contribution in [-0.2, 0) is 16.0 Å². The van der Waals surface area contributed by atoms with Gasteiger partial charge >= 0.3 is 5.97 Å². The normalized spacial score (nSPS) is 13.0. The highest BCUT2D eigenvalue weighted by atomic mass is 16.6. The summed E-state index contributed by atoms with van der Waals surface area (Å²) >= 11 is 0. The van der Waals surface area contributed by atoms with E-state index in [0.29, 0.717) is 6.42 Å². The molecule has 0 saturated carbocycles. The van der Waals surface area contributed by atoms with Gasteiger partial charge in [0.25, 0.3) is 0 Å². The SMILES string of the molecule is COc1ccc2cccc(C[C@H](N)C(=O)OC(C)(C)C)c2c1. The van der Waals surface area contributed by atoms with E-state index in [9.17, 15) is 4.79 Å². The number of hydrogen-bond donors (Lipinski definition) is 1. The largest absolute Gasteiger partial charge is 0.497 e. The Balaban J connectivity index is 2.25. The Kier molecular flexibility index (Phi) is 4.71. The van der Waals surface area contributed by atoms with Gasteiger partial charge in [-0.05, 0) is 55.7 Å². The van der Waals surface area contributed by atoms with E-state index in [0.717, 1.165) is 22.1 Å². The minimum Gasteiger partial charge on any atom is -0.497 e. The van der Waals surface area contributed by atoms with Crippen LogP contribution in [0.25, 0.3) is 10.8 Å². The van der Waals surface area contributed by atoms with Crippen molar-refractivity contribution in [3.63, 3.8) is 0 Å². The van der Waals surface area contributed by atoms with Crippen LogP contribution < -0.4 is 10.5 Å². The van der Waals surface area contributed by atoms with Crippen molar-refractivity contribution < 1.29 is 14.3 Å². The summed E-state index contributed by atoms with van der Waals surface area (Å²) in [5.41, 5.74) is 6.49. The zero-order chi connectivity index (χ0) is 16.3. The maximum absolute atomic E-state index is 12.1. The molecule has 1 atom stereocenters. The van der Waals surface area contributed by atoms with Gasteiger partial charge in [-0.3, -0.25) is 4.79 Å². The molecule has 0 aliphatic rings. The van der Waals surface area contributed by atoms with Gasteiger partial charge in [-0.15, -0.1) is 0 Å². The van der Waals surface area contributed by atoms with E-state index in [1.54, 1.807) is 7.11 Å². The van der Waals surface area contributed by atoms with Crippen LogP contribution in [-0.4, -0.2) is 24.7 Å². The Bertz CT molecular complexity index is 674. The van der Waals surface area contributed by atoms with Crippen LogP contribution >= 0.6 is 0 Å². The molecule has 0 bridgehead atoms. The predicted octanol–water partition coefficient (Wildman–Crippen LogP) is 3.06. The average Bonchev–Trinajstić information content (AvgIpc) is 2.45. The summed E-state index contributed by atoms with van der Waals surface area (Å²) in [5, 5.41) is 2.13. The van der Waals surface area contributed by atoms with Gasteiger partial charge in [-0.25, -0.2) is 0 Å². The first-order chi connectivity index (χ1) is 10.3. The van der Waals surface area contributed by atoms with Gasteiger partial charge in [0, 0.05) is 0 Å². The number of nitrogens with two attached hydrogens (primary N) is 1. The standard InChI is InChI=1S/C18H23NO3/c1-18(2,3)22-17(20)16(19)10-13-7-5-6-12-8-9-14(21-4)11-15(12)13/h5-9,11,16H,10,19H2,1-4H3/t16-/m0/s1. The number of methoxy groups -OCH3 is 1. The first kappa shape index (κ1) is 16.3. The van der Waals surface area contributed by atoms with Crippen molar-refractivity contribution in [2.24, 2.45) is 5.73 Å². The Hall–Kier alpha value is -2.07. The lowest BCUT2D eigenvalue weighted by Gasteiger charge is -2.22. The number of benzene rings is 2. The molecule has 0 heterocycles. The Morgan fingerprint density at radius 3 is 2.59 bits per heavy atom. The average molecular weight is 301 g/mol. The monoisotopic (exact) mass is 301 g/mol. The Morgan fingerprint density at radius 2 is 1.95 bits per heavy atom. The summed E-state index contributed by atoms with van der Waals surface area (Å²) in [6, 6.07) is 11.2. The summed E-state index contributed by atoms with van der Waals surface area (Å²) in [5.74, 6) is 0.401. The van der Waals surface area contributed by atoms with Crippen molar-refractivity contribution >= 4 is 16.7 Å². The molecule has 2 aromatic rings. The summed E-state index contributed by atoms with van der Waals surface area (Å²) in [4.78, 5) is 12.1. The summed E-state index contributed by atoms with van der Waals surface area (Å²) in [6.45, 7) is 5.50. The molecule has 2 aromatic carbocycles. The quantitative estimate of drug-likeness (QED) is 0.882. The molecule has 4 heteroatoms. The fourth-order valence-corrected chi connectivity index (χ4v) is 2.32. The lowest BCUT2D eigenvalue weighted by molar-refractivity contribution is -0.156. The highest BCUT2D eigenvalue weighted by Gasteiger charge is 2.22. The van der Waals surface area contributed by atoms with Gasteiger partial charge in [-0.1, -0.05) is 24.3 Å². The van der Waals surface area contributed by atoms with Crippen LogP contribution in [0, 0.1) is 0 Å². The Morgan fingerprint density at radius 1 is 1.23 bits per heavy atom. The minimum absolute atomic E-state index is 0.382. The summed E-state index contributed by atoms with van der Waals surface area (Å²) in [6.07, 6.45) is 0.430. The first-order valence-electron chi connectivity index (χ1n) is 7.34. The van der Waals surface area contributed by atoms with Gasteiger partial charge in [0.15, 0.2) is 0 Å². The van der Waals surface area contributed by atoms with Gasteiger partial charge in [0.2, 0.25) is 0 Å². The van der Waals surface area contributed by atoms with Crippen molar-refractivity contribution in [3.05, 3.63) is 42.0 Å². The van der Waals surface area contributed by atoms with Crippen molar-refractivity contribution in [2.75, 3.05) is 7.11 Å². The molecule has 0 amide bonds. The molecule has 0 aliphatic carbocycles. The van der Waals surface area contributed by atoms with E-state index < -0.39 is 11.6 Å². The van der Waals surface area contributed by atoms with Gasteiger partial charge in [0.05, 0.1) is 7.11 Å². The van der Waals surface area contributed by atoms with Crippen molar-refractivity contribution in [1.29, 1.82) is 0 Å². The molecule has 2 N–H and O–H groups in total. The number of hydrogen-bond acceptors (Lipinski definition) is 4. The smallest absolute Gasteiger partial charge is 0.323 e. The van der Waals surface area contributed by atoms with E-state index in [1.165, 1.54) is 0 Å². The fourth-order valence-electron chi connectivity index (χ4n) is 2.32. The maximum atomic E-state index is 12.1. The van der Waals surface area contributed by atoms with Crippen molar-refractivity contribution in [2.45, 2.75) is 38.8 Å². The third-order valence-electron chi connectivity index (χ3n) is 3.33. The molecule has 2 rings (SSSR count). The second-order valence-corrected chi connectivity index (χ2v) is 6.35. The highest BCUT2D eigenvalue weighted by Crippen LogP contribution is 2.25. The molecule has 0 radical (unpaired) electrons. The summed E-state index contributed by atoms with van der Waals surface area (Å²) < 4.78 is 10.6. The van der Waals surface area contributed by atoms with Crippen molar-refractivity contribution in [3.8, 4) is 5.75 Å². The molecule has 0 unspecified atom stereocenters. The fraction of sp³-hybridized carbons (Fsp3) is 0.389. The predicted molar refractivity (Wildman–Crippen MR) is 88.0 cm³/mol. The number of ether oxygens (including phenoxy) is 2. The van der Waals surface area contributed by atoms with E-state index in [-0.39, 0.29) is 5.97 Å². The molecule has 0 aromatic heterocycles. The lowest BCUT2D eigenvalue weighted by Crippen LogP contribution is -2.38. The number of rotatable bonds is 4. The van der Waals surface area contributed by atoms with Gasteiger partial charge in [0.1, 0.15) is 17.4 Å². The molecular formula is C18H23NO3. The topological polar surface area (TPSA) is 61.5 Å². The van der Waals surface area contributed by atoms with E-state index >= 15 is 0 Å². The molecule has 0 saturated heterocycles. The van der Waals surface area contributed by atoms with Gasteiger partial charge in [-0.2, -0.15) is 0 Å². The zero-order valence-electron chi connectivity index (χ0n) is 13.6. The number of fused-ring (bicyclic) bond motifs is 1. The Labute approximate surface area is 131 Å². The summed E-state index contributed by atoms with van der Waals surface area (Å²) in [7, 11) is 1.64. The molecule has 0 fully saturated rings. The van der Waals surface area contributed by atoms with Crippen LogP contribution in [0.3, 0.4) is 0 Å². The molecule has 118 valence electrons. The number of carbonyl (C=O) groups excluding carboxylic acids is 1. The molecular weight excluding hydrogens is 278 g/mol. The maximum Gasteiger partial charge on any atom is 0.323 e. The second-order valence-electron chi connectivity index (χ2n) is 6.35. The molecule has 4 nitrogen and oxygen atoms in total. The molecule has 0 spiro atoms. The minimum atomic E-state index is -0.684.